The van der Waals surface area contributed by atoms with Gasteiger partial charge in [0, 0.05) is 24.9 Å². The molecule has 0 atom stereocenters. The summed E-state index contributed by atoms with van der Waals surface area (Å²) in [6.07, 6.45) is 4.13. The number of hydrogen-bond donors (Lipinski definition) is 1. The first-order valence-corrected chi connectivity index (χ1v) is 8.95. The number of fused-ring (bicyclic) bond motifs is 1. The number of nitrogens with one attached hydrogen (secondary N) is 1. The summed E-state index contributed by atoms with van der Waals surface area (Å²) in [5.41, 5.74) is 1.55. The van der Waals surface area contributed by atoms with Gasteiger partial charge < -0.3 is 14.9 Å². The van der Waals surface area contributed by atoms with Gasteiger partial charge in [-0.15, -0.1) is 4.73 Å². The lowest BCUT2D eigenvalue weighted by atomic mass is 10.1. The van der Waals surface area contributed by atoms with Crippen LogP contribution in [0.2, 0.25) is 0 Å². The number of carbonyl (C=O) groups is 1. The molecule has 27 heavy (non-hydrogen) atoms. The van der Waals surface area contributed by atoms with Gasteiger partial charge in [0.05, 0.1) is 17.8 Å². The van der Waals surface area contributed by atoms with Gasteiger partial charge in [0.15, 0.2) is 0 Å². The minimum absolute atomic E-state index is 0.0984. The molecule has 0 aliphatic rings. The minimum atomic E-state index is -0.554. The highest BCUT2D eigenvalue weighted by Gasteiger charge is 2.17. The summed E-state index contributed by atoms with van der Waals surface area (Å²) < 4.78 is 7.39. The molecule has 2 aromatic heterocycles. The van der Waals surface area contributed by atoms with E-state index in [9.17, 15) is 14.8 Å². The maximum Gasteiger partial charge on any atom is 0.446 e. The number of carbonyl (C=O) groups excluding carboxylic acids is 1. The first-order chi connectivity index (χ1) is 12.9. The van der Waals surface area contributed by atoms with E-state index in [1.165, 1.54) is 13.1 Å². The smallest absolute Gasteiger partial charge is 0.446 e. The van der Waals surface area contributed by atoms with E-state index in [0.717, 1.165) is 22.9 Å². The SMILES string of the molecule is CC(=O)n1cc(Cc2c[n+]([O-])c(OCCC(C)C)c(=O)[nH]2)c2ccccc21. The Morgan fingerprint density at radius 3 is 2.74 bits per heavy atom. The second-order valence-corrected chi connectivity index (χ2v) is 7.01. The third kappa shape index (κ3) is 4.02. The largest absolute Gasteiger partial charge is 0.616 e. The van der Waals surface area contributed by atoms with E-state index in [1.54, 1.807) is 10.8 Å². The fourth-order valence-corrected chi connectivity index (χ4v) is 3.00. The van der Waals surface area contributed by atoms with Gasteiger partial charge in [0.2, 0.25) is 12.1 Å². The highest BCUT2D eigenvalue weighted by molar-refractivity contribution is 5.93. The average Bonchev–Trinajstić information content (AvgIpc) is 2.96. The molecule has 0 bridgehead atoms. The summed E-state index contributed by atoms with van der Waals surface area (Å²) in [5.74, 6) is 0.0753. The molecule has 0 saturated carbocycles. The van der Waals surface area contributed by atoms with Crippen LogP contribution in [-0.4, -0.2) is 22.1 Å². The molecule has 1 aromatic carbocycles. The Kier molecular flexibility index (Phi) is 5.30. The number of H-pyrrole nitrogens is 1. The van der Waals surface area contributed by atoms with Crippen molar-refractivity contribution >= 4 is 16.8 Å². The topological polar surface area (TPSA) is 91.0 Å². The van der Waals surface area contributed by atoms with E-state index in [2.05, 4.69) is 4.98 Å². The Morgan fingerprint density at radius 1 is 1.33 bits per heavy atom. The number of para-hydroxylation sites is 1. The molecular weight excluding hydrogens is 346 g/mol. The monoisotopic (exact) mass is 369 g/mol. The van der Waals surface area contributed by atoms with Crippen LogP contribution >= 0.6 is 0 Å². The standard InChI is InChI=1S/C20H23N3O4/c1-13(2)8-9-27-20-19(25)21-16(12-23(20)26)10-15-11-22(14(3)24)18-7-5-4-6-17(15)18/h4-7,11-13H,8-10H2,1-3H3,(H,21,25). The lowest BCUT2D eigenvalue weighted by Gasteiger charge is -2.08. The van der Waals surface area contributed by atoms with Crippen LogP contribution in [0.1, 0.15) is 43.2 Å². The molecule has 0 aliphatic heterocycles. The molecule has 0 unspecified atom stereocenters. The van der Waals surface area contributed by atoms with E-state index in [0.29, 0.717) is 29.4 Å². The molecule has 7 heteroatoms. The van der Waals surface area contributed by atoms with Crippen molar-refractivity contribution in [1.29, 1.82) is 0 Å². The number of aromatic amines is 1. The molecule has 0 spiro atoms. The van der Waals surface area contributed by atoms with Gasteiger partial charge in [-0.05, 0) is 24.0 Å². The zero-order valence-electron chi connectivity index (χ0n) is 15.7. The fourth-order valence-electron chi connectivity index (χ4n) is 3.00. The third-order valence-electron chi connectivity index (χ3n) is 4.39. The Balaban J connectivity index is 1.90. The number of ether oxygens (including phenoxy) is 1. The molecule has 0 aliphatic carbocycles. The van der Waals surface area contributed by atoms with E-state index >= 15 is 0 Å². The Hall–Kier alpha value is -3.09. The molecule has 0 radical (unpaired) electrons. The van der Waals surface area contributed by atoms with Crippen LogP contribution in [0.3, 0.4) is 0 Å². The summed E-state index contributed by atoms with van der Waals surface area (Å²) in [6.45, 7) is 5.89. The number of nitrogens with zero attached hydrogens (tertiary/aromatic N) is 2. The molecule has 0 fully saturated rings. The first kappa shape index (κ1) is 18.7. The Labute approximate surface area is 156 Å². The van der Waals surface area contributed by atoms with Gasteiger partial charge >= 0.3 is 11.4 Å². The average molecular weight is 369 g/mol. The van der Waals surface area contributed by atoms with Crippen molar-refractivity contribution in [1.82, 2.24) is 9.55 Å². The van der Waals surface area contributed by atoms with E-state index in [-0.39, 0.29) is 11.8 Å². The lowest BCUT2D eigenvalue weighted by Crippen LogP contribution is -2.37. The fraction of sp³-hybridized carbons (Fsp3) is 0.350. The quantitative estimate of drug-likeness (QED) is 0.534. The summed E-state index contributed by atoms with van der Waals surface area (Å²) in [5, 5.41) is 13.1. The zero-order valence-corrected chi connectivity index (χ0v) is 15.7. The molecular formula is C20H23N3O4. The van der Waals surface area contributed by atoms with Gasteiger partial charge in [-0.3, -0.25) is 14.2 Å². The number of rotatable bonds is 6. The van der Waals surface area contributed by atoms with Gasteiger partial charge in [-0.1, -0.05) is 32.0 Å². The van der Waals surface area contributed by atoms with Crippen LogP contribution in [0, 0.1) is 11.1 Å². The van der Waals surface area contributed by atoms with E-state index < -0.39 is 5.56 Å². The van der Waals surface area contributed by atoms with Crippen LogP contribution in [0.5, 0.6) is 5.88 Å². The predicted molar refractivity (Wildman–Crippen MR) is 102 cm³/mol. The molecule has 1 N–H and O–H groups in total. The molecule has 3 aromatic rings. The van der Waals surface area contributed by atoms with Crippen LogP contribution in [0.15, 0.2) is 41.5 Å². The summed E-state index contributed by atoms with van der Waals surface area (Å²) in [7, 11) is 0. The van der Waals surface area contributed by atoms with Gasteiger partial charge in [0.1, 0.15) is 0 Å². The summed E-state index contributed by atoms with van der Waals surface area (Å²) in [4.78, 5) is 26.8. The summed E-state index contributed by atoms with van der Waals surface area (Å²) in [6, 6.07) is 7.53. The van der Waals surface area contributed by atoms with E-state index in [1.807, 2.05) is 38.1 Å². The molecule has 0 saturated heterocycles. The number of hydrogen-bond acceptors (Lipinski definition) is 4. The van der Waals surface area contributed by atoms with Gasteiger partial charge in [0.25, 0.3) is 0 Å². The van der Waals surface area contributed by atoms with Crippen LogP contribution in [0.4, 0.5) is 0 Å². The molecule has 7 nitrogen and oxygen atoms in total. The first-order valence-electron chi connectivity index (χ1n) is 8.95. The molecule has 142 valence electrons. The van der Waals surface area contributed by atoms with Crippen LogP contribution in [-0.2, 0) is 6.42 Å². The maximum atomic E-state index is 12.2. The Morgan fingerprint density at radius 2 is 2.07 bits per heavy atom. The zero-order chi connectivity index (χ0) is 19.6. The lowest BCUT2D eigenvalue weighted by molar-refractivity contribution is -0.614. The van der Waals surface area contributed by atoms with Crippen molar-refractivity contribution in [3.8, 4) is 5.88 Å². The van der Waals surface area contributed by atoms with E-state index in [4.69, 9.17) is 4.74 Å². The normalized spacial score (nSPS) is 11.3. The third-order valence-corrected chi connectivity index (χ3v) is 4.39. The number of benzene rings is 1. The van der Waals surface area contributed by atoms with Crippen LogP contribution < -0.4 is 15.0 Å². The summed E-state index contributed by atoms with van der Waals surface area (Å²) >= 11 is 0. The molecule has 2 heterocycles. The Bertz CT molecular complexity index is 1030. The van der Waals surface area contributed by atoms with Crippen molar-refractivity contribution < 1.29 is 14.3 Å². The van der Waals surface area contributed by atoms with Gasteiger partial charge in [-0.25, -0.2) is 0 Å². The predicted octanol–water partition coefficient (Wildman–Crippen LogP) is 2.64. The highest BCUT2D eigenvalue weighted by atomic mass is 16.6. The highest BCUT2D eigenvalue weighted by Crippen LogP contribution is 2.23. The van der Waals surface area contributed by atoms with Crippen molar-refractivity contribution in [2.45, 2.75) is 33.6 Å². The molecule has 3 rings (SSSR count). The van der Waals surface area contributed by atoms with Crippen molar-refractivity contribution in [3.63, 3.8) is 0 Å². The van der Waals surface area contributed by atoms with Crippen molar-refractivity contribution in [2.24, 2.45) is 5.92 Å². The second kappa shape index (κ2) is 7.65. The number of aromatic nitrogens is 3. The van der Waals surface area contributed by atoms with Crippen molar-refractivity contribution in [3.05, 3.63) is 63.5 Å². The minimum Gasteiger partial charge on any atom is -0.616 e. The molecule has 0 amide bonds. The second-order valence-electron chi connectivity index (χ2n) is 7.01. The van der Waals surface area contributed by atoms with Gasteiger partial charge in [-0.2, -0.15) is 0 Å². The van der Waals surface area contributed by atoms with Crippen molar-refractivity contribution in [2.75, 3.05) is 6.61 Å². The maximum absolute atomic E-state index is 12.2. The van der Waals surface area contributed by atoms with Crippen LogP contribution in [0.25, 0.3) is 10.9 Å².